The number of hydrogen-bond acceptors (Lipinski definition) is 2. The van der Waals surface area contributed by atoms with E-state index in [1.54, 1.807) is 4.90 Å². The number of rotatable bonds is 6. The Morgan fingerprint density at radius 2 is 1.77 bits per heavy atom. The summed E-state index contributed by atoms with van der Waals surface area (Å²) in [6.45, 7) is 9.94. The molecule has 138 valence electrons. The first-order valence-corrected chi connectivity index (χ1v) is 9.07. The Labute approximate surface area is 156 Å². The van der Waals surface area contributed by atoms with Crippen molar-refractivity contribution >= 4 is 23.2 Å². The Morgan fingerprint density at radius 3 is 2.42 bits per heavy atom. The maximum absolute atomic E-state index is 12.5. The van der Waals surface area contributed by atoms with Crippen LogP contribution in [-0.2, 0) is 16.0 Å². The lowest BCUT2D eigenvalue weighted by molar-refractivity contribution is -0.117. The van der Waals surface area contributed by atoms with Crippen LogP contribution in [0.2, 0.25) is 0 Å². The van der Waals surface area contributed by atoms with Gasteiger partial charge in [-0.3, -0.25) is 9.59 Å². The molecule has 0 radical (unpaired) electrons. The lowest BCUT2D eigenvalue weighted by Gasteiger charge is -2.23. The molecule has 2 aromatic carbocycles. The molecule has 0 atom stereocenters. The van der Waals surface area contributed by atoms with Crippen molar-refractivity contribution in [3.63, 3.8) is 0 Å². The number of amides is 2. The van der Waals surface area contributed by atoms with Crippen LogP contribution >= 0.6 is 0 Å². The second-order valence-electron chi connectivity index (χ2n) is 6.72. The molecule has 0 aliphatic heterocycles. The highest BCUT2D eigenvalue weighted by atomic mass is 16.2. The first kappa shape index (κ1) is 19.7. The van der Waals surface area contributed by atoms with Gasteiger partial charge in [0.25, 0.3) is 0 Å². The zero-order valence-electron chi connectivity index (χ0n) is 16.3. The minimum Gasteiger partial charge on any atom is -0.326 e. The molecule has 0 aliphatic carbocycles. The Bertz CT molecular complexity index is 812. The fourth-order valence-electron chi connectivity index (χ4n) is 3.08. The van der Waals surface area contributed by atoms with E-state index >= 15 is 0 Å². The molecule has 0 heterocycles. The Hall–Kier alpha value is -2.62. The molecule has 4 nitrogen and oxygen atoms in total. The van der Waals surface area contributed by atoms with Gasteiger partial charge in [0.2, 0.25) is 11.8 Å². The van der Waals surface area contributed by atoms with Gasteiger partial charge in [-0.2, -0.15) is 0 Å². The van der Waals surface area contributed by atoms with Crippen LogP contribution in [0.1, 0.15) is 42.5 Å². The van der Waals surface area contributed by atoms with Crippen LogP contribution in [0.25, 0.3) is 0 Å². The van der Waals surface area contributed by atoms with E-state index in [9.17, 15) is 9.59 Å². The molecule has 0 saturated heterocycles. The van der Waals surface area contributed by atoms with Crippen molar-refractivity contribution in [1.29, 1.82) is 0 Å². The number of carbonyl (C=O) groups is 2. The van der Waals surface area contributed by atoms with Crippen LogP contribution in [0.15, 0.2) is 36.4 Å². The standard InChI is InChI=1S/C22H28N2O2/c1-6-19-9-7-8-17(4)22(19)23-21(26)12-13-24(18(5)25)20-14-15(2)10-11-16(20)3/h7-11,14H,6,12-13H2,1-5H3,(H,23,26). The van der Waals surface area contributed by atoms with Crippen molar-refractivity contribution in [1.82, 2.24) is 0 Å². The summed E-state index contributed by atoms with van der Waals surface area (Å²) in [4.78, 5) is 26.3. The van der Waals surface area contributed by atoms with Crippen LogP contribution in [0.5, 0.6) is 0 Å². The molecule has 1 N–H and O–H groups in total. The zero-order chi connectivity index (χ0) is 19.3. The van der Waals surface area contributed by atoms with Gasteiger partial charge >= 0.3 is 0 Å². The van der Waals surface area contributed by atoms with E-state index in [1.165, 1.54) is 6.92 Å². The van der Waals surface area contributed by atoms with Gasteiger partial charge in [-0.25, -0.2) is 0 Å². The second kappa shape index (κ2) is 8.65. The van der Waals surface area contributed by atoms with E-state index in [0.717, 1.165) is 40.0 Å². The molecule has 2 amide bonds. The SMILES string of the molecule is CCc1cccc(C)c1NC(=O)CCN(C(C)=O)c1cc(C)ccc1C. The number of hydrogen-bond donors (Lipinski definition) is 1. The van der Waals surface area contributed by atoms with Gasteiger partial charge in [0.15, 0.2) is 0 Å². The maximum Gasteiger partial charge on any atom is 0.226 e. The van der Waals surface area contributed by atoms with Gasteiger partial charge in [-0.05, 0) is 55.5 Å². The molecule has 0 bridgehead atoms. The van der Waals surface area contributed by atoms with Gasteiger partial charge in [-0.15, -0.1) is 0 Å². The van der Waals surface area contributed by atoms with Crippen molar-refractivity contribution in [2.24, 2.45) is 0 Å². The largest absolute Gasteiger partial charge is 0.326 e. The van der Waals surface area contributed by atoms with Crippen LogP contribution < -0.4 is 10.2 Å². The fraction of sp³-hybridized carbons (Fsp3) is 0.364. The summed E-state index contributed by atoms with van der Waals surface area (Å²) in [6.07, 6.45) is 1.11. The molecule has 0 aliphatic rings. The van der Waals surface area contributed by atoms with Crippen molar-refractivity contribution in [2.45, 2.75) is 47.5 Å². The van der Waals surface area contributed by atoms with Gasteiger partial charge in [0.1, 0.15) is 0 Å². The quantitative estimate of drug-likeness (QED) is 0.829. The van der Waals surface area contributed by atoms with Crippen molar-refractivity contribution in [2.75, 3.05) is 16.8 Å². The molecular weight excluding hydrogens is 324 g/mol. The molecule has 0 aromatic heterocycles. The fourth-order valence-corrected chi connectivity index (χ4v) is 3.08. The van der Waals surface area contributed by atoms with Gasteiger partial charge in [-0.1, -0.05) is 37.3 Å². The number of nitrogens with zero attached hydrogens (tertiary/aromatic N) is 1. The third-order valence-corrected chi connectivity index (χ3v) is 4.60. The average molecular weight is 352 g/mol. The number of aryl methyl sites for hydroxylation is 4. The summed E-state index contributed by atoms with van der Waals surface area (Å²) < 4.78 is 0. The smallest absolute Gasteiger partial charge is 0.226 e. The molecule has 2 aromatic rings. The zero-order valence-corrected chi connectivity index (χ0v) is 16.3. The van der Waals surface area contributed by atoms with E-state index in [-0.39, 0.29) is 18.2 Å². The van der Waals surface area contributed by atoms with Crippen molar-refractivity contribution in [3.8, 4) is 0 Å². The first-order chi connectivity index (χ1) is 12.3. The van der Waals surface area contributed by atoms with Gasteiger partial charge in [0, 0.05) is 31.3 Å². The molecule has 2 rings (SSSR count). The van der Waals surface area contributed by atoms with E-state index < -0.39 is 0 Å². The number of carbonyl (C=O) groups excluding carboxylic acids is 2. The third kappa shape index (κ3) is 4.72. The van der Waals surface area contributed by atoms with Crippen LogP contribution in [-0.4, -0.2) is 18.4 Å². The summed E-state index contributed by atoms with van der Waals surface area (Å²) in [6, 6.07) is 12.0. The third-order valence-electron chi connectivity index (χ3n) is 4.60. The van der Waals surface area contributed by atoms with E-state index in [4.69, 9.17) is 0 Å². The number of anilines is 2. The predicted molar refractivity (Wildman–Crippen MR) is 108 cm³/mol. The lowest BCUT2D eigenvalue weighted by atomic mass is 10.1. The van der Waals surface area contributed by atoms with E-state index in [0.29, 0.717) is 6.54 Å². The molecule has 4 heteroatoms. The summed E-state index contributed by atoms with van der Waals surface area (Å²) in [7, 11) is 0. The summed E-state index contributed by atoms with van der Waals surface area (Å²) in [5, 5.41) is 3.02. The van der Waals surface area contributed by atoms with Crippen LogP contribution in [0.3, 0.4) is 0 Å². The molecule has 0 spiro atoms. The number of benzene rings is 2. The molecular formula is C22H28N2O2. The monoisotopic (exact) mass is 352 g/mol. The minimum absolute atomic E-state index is 0.0587. The van der Waals surface area contributed by atoms with Gasteiger partial charge < -0.3 is 10.2 Å². The van der Waals surface area contributed by atoms with Crippen molar-refractivity contribution < 1.29 is 9.59 Å². The maximum atomic E-state index is 12.5. The molecule has 0 saturated carbocycles. The predicted octanol–water partition coefficient (Wildman–Crippen LogP) is 4.56. The van der Waals surface area contributed by atoms with Crippen LogP contribution in [0.4, 0.5) is 11.4 Å². The number of para-hydroxylation sites is 1. The minimum atomic E-state index is -0.0782. The highest BCUT2D eigenvalue weighted by molar-refractivity contribution is 5.96. The summed E-state index contributed by atoms with van der Waals surface area (Å²) in [5.74, 6) is -0.137. The van der Waals surface area contributed by atoms with Crippen LogP contribution in [0, 0.1) is 20.8 Å². The van der Waals surface area contributed by atoms with Crippen molar-refractivity contribution in [3.05, 3.63) is 58.7 Å². The normalized spacial score (nSPS) is 10.5. The van der Waals surface area contributed by atoms with Gasteiger partial charge in [0.05, 0.1) is 0 Å². The lowest BCUT2D eigenvalue weighted by Crippen LogP contribution is -2.32. The van der Waals surface area contributed by atoms with E-state index in [1.807, 2.05) is 57.2 Å². The number of nitrogens with one attached hydrogen (secondary N) is 1. The first-order valence-electron chi connectivity index (χ1n) is 9.07. The Balaban J connectivity index is 2.11. The summed E-state index contributed by atoms with van der Waals surface area (Å²) >= 11 is 0. The average Bonchev–Trinajstić information content (AvgIpc) is 2.59. The molecule has 26 heavy (non-hydrogen) atoms. The molecule has 0 fully saturated rings. The highest BCUT2D eigenvalue weighted by Gasteiger charge is 2.16. The van der Waals surface area contributed by atoms with E-state index in [2.05, 4.69) is 12.2 Å². The Kier molecular flexibility index (Phi) is 6.56. The highest BCUT2D eigenvalue weighted by Crippen LogP contribution is 2.23. The topological polar surface area (TPSA) is 49.4 Å². The summed E-state index contributed by atoms with van der Waals surface area (Å²) in [5.41, 5.74) is 6.05. The Morgan fingerprint density at radius 1 is 1.04 bits per heavy atom. The molecule has 0 unspecified atom stereocenters. The second-order valence-corrected chi connectivity index (χ2v) is 6.72.